The van der Waals surface area contributed by atoms with Gasteiger partial charge >= 0.3 is 0 Å². The van der Waals surface area contributed by atoms with Crippen molar-refractivity contribution in [3.63, 3.8) is 0 Å². The molecule has 0 amide bonds. The van der Waals surface area contributed by atoms with Gasteiger partial charge < -0.3 is 4.90 Å². The number of pyridine rings is 1. The molecule has 0 aliphatic carbocycles. The van der Waals surface area contributed by atoms with E-state index in [4.69, 9.17) is 0 Å². The van der Waals surface area contributed by atoms with Crippen LogP contribution in [0.1, 0.15) is 5.56 Å². The predicted octanol–water partition coefficient (Wildman–Crippen LogP) is 3.31. The van der Waals surface area contributed by atoms with E-state index in [1.807, 2.05) is 12.1 Å². The molecule has 0 radical (unpaired) electrons. The Bertz CT molecular complexity index is 612. The minimum atomic E-state index is -0.414. The molecule has 1 aliphatic heterocycles. The normalized spacial score (nSPS) is 16.2. The quantitative estimate of drug-likeness (QED) is 0.792. The van der Waals surface area contributed by atoms with Crippen molar-refractivity contribution in [1.82, 2.24) is 9.88 Å². The van der Waals surface area contributed by atoms with Gasteiger partial charge in [0.2, 0.25) is 5.95 Å². The first-order chi connectivity index (χ1) is 10.2. The van der Waals surface area contributed by atoms with Crippen molar-refractivity contribution in [2.24, 2.45) is 0 Å². The first kappa shape index (κ1) is 14.5. The van der Waals surface area contributed by atoms with E-state index >= 15 is 0 Å². The van der Waals surface area contributed by atoms with Crippen molar-refractivity contribution in [3.8, 4) is 0 Å². The van der Waals surface area contributed by atoms with E-state index in [-0.39, 0.29) is 0 Å². The number of hydrogen-bond donors (Lipinski definition) is 0. The zero-order valence-corrected chi connectivity index (χ0v) is 13.3. The fourth-order valence-corrected chi connectivity index (χ4v) is 2.99. The summed E-state index contributed by atoms with van der Waals surface area (Å²) in [6.45, 7) is 4.60. The Balaban J connectivity index is 1.59. The van der Waals surface area contributed by atoms with Gasteiger partial charge in [-0.3, -0.25) is 4.90 Å². The van der Waals surface area contributed by atoms with Gasteiger partial charge in [-0.15, -0.1) is 0 Å². The molecule has 1 aromatic heterocycles. The zero-order valence-electron chi connectivity index (χ0n) is 11.7. The van der Waals surface area contributed by atoms with Crippen LogP contribution >= 0.6 is 15.9 Å². The Labute approximate surface area is 132 Å². The lowest BCUT2D eigenvalue weighted by Gasteiger charge is -2.35. The lowest BCUT2D eigenvalue weighted by molar-refractivity contribution is 0.248. The second-order valence-electron chi connectivity index (χ2n) is 5.17. The molecule has 1 aliphatic rings. The number of halogens is 2. The lowest BCUT2D eigenvalue weighted by Crippen LogP contribution is -2.46. The first-order valence-corrected chi connectivity index (χ1v) is 7.85. The zero-order chi connectivity index (χ0) is 14.7. The summed E-state index contributed by atoms with van der Waals surface area (Å²) in [5.74, 6) is 0.318. The van der Waals surface area contributed by atoms with Gasteiger partial charge in [0.1, 0.15) is 5.82 Å². The molecule has 0 unspecified atom stereocenters. The molecule has 110 valence electrons. The van der Waals surface area contributed by atoms with Crippen LogP contribution < -0.4 is 4.90 Å². The second kappa shape index (κ2) is 6.54. The molecule has 3 nitrogen and oxygen atoms in total. The molecule has 0 N–H and O–H groups in total. The molecular formula is C16H17BrFN3. The van der Waals surface area contributed by atoms with Crippen LogP contribution in [0.3, 0.4) is 0 Å². The van der Waals surface area contributed by atoms with Crippen LogP contribution in [0.2, 0.25) is 0 Å². The maximum absolute atomic E-state index is 13.2. The molecule has 0 spiro atoms. The highest BCUT2D eigenvalue weighted by Crippen LogP contribution is 2.20. The Morgan fingerprint density at radius 2 is 1.76 bits per heavy atom. The molecule has 5 heteroatoms. The third kappa shape index (κ3) is 3.60. The van der Waals surface area contributed by atoms with Crippen LogP contribution in [0.5, 0.6) is 0 Å². The van der Waals surface area contributed by atoms with E-state index in [1.165, 1.54) is 11.6 Å². The molecular weight excluding hydrogens is 333 g/mol. The van der Waals surface area contributed by atoms with Crippen LogP contribution in [0.4, 0.5) is 10.2 Å². The van der Waals surface area contributed by atoms with Crippen molar-refractivity contribution in [2.45, 2.75) is 6.54 Å². The molecule has 3 rings (SSSR count). The summed E-state index contributed by atoms with van der Waals surface area (Å²) in [6, 6.07) is 13.3. The average Bonchev–Trinajstić information content (AvgIpc) is 2.50. The number of piperazine rings is 1. The Hall–Kier alpha value is -1.46. The topological polar surface area (TPSA) is 19.4 Å². The Morgan fingerprint density at radius 3 is 2.48 bits per heavy atom. The third-order valence-corrected chi connectivity index (χ3v) is 4.52. The molecule has 21 heavy (non-hydrogen) atoms. The van der Waals surface area contributed by atoms with Gasteiger partial charge in [-0.25, -0.2) is 4.98 Å². The number of aromatic nitrogens is 1. The van der Waals surface area contributed by atoms with Crippen molar-refractivity contribution < 1.29 is 4.39 Å². The van der Waals surface area contributed by atoms with E-state index in [1.54, 1.807) is 6.07 Å². The maximum Gasteiger partial charge on any atom is 0.214 e. The van der Waals surface area contributed by atoms with Gasteiger partial charge in [-0.2, -0.15) is 4.39 Å². The molecule has 0 saturated carbocycles. The van der Waals surface area contributed by atoms with E-state index in [0.29, 0.717) is 0 Å². The van der Waals surface area contributed by atoms with Crippen LogP contribution in [0.25, 0.3) is 0 Å². The summed E-state index contributed by atoms with van der Waals surface area (Å²) >= 11 is 3.59. The van der Waals surface area contributed by atoms with Crippen molar-refractivity contribution in [3.05, 3.63) is 58.4 Å². The third-order valence-electron chi connectivity index (χ3n) is 3.75. The van der Waals surface area contributed by atoms with Gasteiger partial charge in [0.25, 0.3) is 0 Å². The molecule has 1 fully saturated rings. The number of hydrogen-bond acceptors (Lipinski definition) is 3. The SMILES string of the molecule is Fc1cccc(N2CCN(Cc3ccccc3Br)CC2)n1. The van der Waals surface area contributed by atoms with Crippen LogP contribution in [0.15, 0.2) is 46.9 Å². The summed E-state index contributed by atoms with van der Waals surface area (Å²) in [5.41, 5.74) is 1.30. The fraction of sp³-hybridized carbons (Fsp3) is 0.312. The monoisotopic (exact) mass is 349 g/mol. The van der Waals surface area contributed by atoms with Gasteiger partial charge in [-0.1, -0.05) is 40.2 Å². The molecule has 1 aromatic carbocycles. The second-order valence-corrected chi connectivity index (χ2v) is 6.03. The van der Waals surface area contributed by atoms with Crippen molar-refractivity contribution in [1.29, 1.82) is 0 Å². The smallest absolute Gasteiger partial charge is 0.214 e. The fourth-order valence-electron chi connectivity index (χ4n) is 2.58. The minimum absolute atomic E-state index is 0.414. The largest absolute Gasteiger partial charge is 0.354 e. The van der Waals surface area contributed by atoms with Gasteiger partial charge in [0, 0.05) is 37.2 Å². The highest BCUT2D eigenvalue weighted by molar-refractivity contribution is 9.10. The first-order valence-electron chi connectivity index (χ1n) is 7.05. The van der Waals surface area contributed by atoms with Crippen molar-refractivity contribution in [2.75, 3.05) is 31.1 Å². The minimum Gasteiger partial charge on any atom is -0.354 e. The summed E-state index contributed by atoms with van der Waals surface area (Å²) in [4.78, 5) is 8.50. The van der Waals surface area contributed by atoms with Crippen molar-refractivity contribution >= 4 is 21.7 Å². The summed E-state index contributed by atoms with van der Waals surface area (Å²) in [6.07, 6.45) is 0. The average molecular weight is 350 g/mol. The maximum atomic E-state index is 13.2. The van der Waals surface area contributed by atoms with Gasteiger partial charge in [0.15, 0.2) is 0 Å². The highest BCUT2D eigenvalue weighted by Gasteiger charge is 2.18. The van der Waals surface area contributed by atoms with Gasteiger partial charge in [0.05, 0.1) is 0 Å². The molecule has 2 aromatic rings. The number of anilines is 1. The molecule has 0 bridgehead atoms. The van der Waals surface area contributed by atoms with E-state index in [9.17, 15) is 4.39 Å². The van der Waals surface area contributed by atoms with Crippen LogP contribution in [0, 0.1) is 5.95 Å². The van der Waals surface area contributed by atoms with E-state index in [0.717, 1.165) is 43.0 Å². The van der Waals surface area contributed by atoms with E-state index < -0.39 is 5.95 Å². The number of nitrogens with zero attached hydrogens (tertiary/aromatic N) is 3. The van der Waals surface area contributed by atoms with Crippen LogP contribution in [-0.2, 0) is 6.54 Å². The summed E-state index contributed by atoms with van der Waals surface area (Å²) < 4.78 is 14.3. The standard InChI is InChI=1S/C16H17BrFN3/c17-14-5-2-1-4-13(14)12-20-8-10-21(11-9-20)16-7-3-6-15(18)19-16/h1-7H,8-12H2. The highest BCUT2D eigenvalue weighted by atomic mass is 79.9. The Kier molecular flexibility index (Phi) is 4.51. The molecule has 0 atom stereocenters. The van der Waals surface area contributed by atoms with E-state index in [2.05, 4.69) is 48.9 Å². The summed E-state index contributed by atoms with van der Waals surface area (Å²) in [7, 11) is 0. The molecule has 2 heterocycles. The molecule has 1 saturated heterocycles. The lowest BCUT2D eigenvalue weighted by atomic mass is 10.2. The number of rotatable bonds is 3. The predicted molar refractivity (Wildman–Crippen MR) is 85.8 cm³/mol. The Morgan fingerprint density at radius 1 is 1.00 bits per heavy atom. The van der Waals surface area contributed by atoms with Crippen LogP contribution in [-0.4, -0.2) is 36.1 Å². The number of benzene rings is 1. The summed E-state index contributed by atoms with van der Waals surface area (Å²) in [5, 5.41) is 0. The van der Waals surface area contributed by atoms with Gasteiger partial charge in [-0.05, 0) is 23.8 Å².